The fourth-order valence-corrected chi connectivity index (χ4v) is 3.99. The van der Waals surface area contributed by atoms with Crippen LogP contribution in [0.15, 0.2) is 0 Å². The fraction of sp³-hybridized carbons (Fsp3) is 0.889. The maximum atomic E-state index is 12.5. The van der Waals surface area contributed by atoms with Gasteiger partial charge in [0.05, 0.1) is 13.2 Å². The summed E-state index contributed by atoms with van der Waals surface area (Å²) >= 11 is 0. The normalized spacial score (nSPS) is 24.7. The van der Waals surface area contributed by atoms with Gasteiger partial charge in [0.15, 0.2) is 0 Å². The Kier molecular flexibility index (Phi) is 10.9. The molecular formula is C18H34Cl2N4O3. The number of rotatable bonds is 4. The van der Waals surface area contributed by atoms with Crippen molar-refractivity contribution in [2.24, 2.45) is 5.92 Å². The molecule has 3 heterocycles. The molecule has 2 amide bonds. The molecule has 3 aliphatic rings. The molecule has 0 radical (unpaired) electrons. The molecule has 27 heavy (non-hydrogen) atoms. The lowest BCUT2D eigenvalue weighted by atomic mass is 9.92. The van der Waals surface area contributed by atoms with Crippen molar-refractivity contribution < 1.29 is 14.3 Å². The molecule has 0 saturated carbocycles. The average molecular weight is 425 g/mol. The minimum atomic E-state index is -0.193. The summed E-state index contributed by atoms with van der Waals surface area (Å²) in [5.41, 5.74) is 0. The van der Waals surface area contributed by atoms with Crippen LogP contribution in [0.1, 0.15) is 26.2 Å². The maximum Gasteiger partial charge on any atom is 0.242 e. The van der Waals surface area contributed by atoms with Crippen molar-refractivity contribution in [2.75, 3.05) is 65.6 Å². The summed E-state index contributed by atoms with van der Waals surface area (Å²) in [7, 11) is 0. The Morgan fingerprint density at radius 3 is 2.22 bits per heavy atom. The third-order valence-electron chi connectivity index (χ3n) is 5.78. The molecule has 1 unspecified atom stereocenters. The van der Waals surface area contributed by atoms with Gasteiger partial charge in [-0.25, -0.2) is 0 Å². The van der Waals surface area contributed by atoms with Crippen LogP contribution >= 0.6 is 24.8 Å². The van der Waals surface area contributed by atoms with Crippen LogP contribution in [0.3, 0.4) is 0 Å². The number of hydrogen-bond donors (Lipinski definition) is 1. The van der Waals surface area contributed by atoms with E-state index in [-0.39, 0.29) is 36.8 Å². The lowest BCUT2D eigenvalue weighted by Gasteiger charge is -2.37. The van der Waals surface area contributed by atoms with Crippen LogP contribution in [0, 0.1) is 5.92 Å². The molecule has 3 rings (SSSR count). The van der Waals surface area contributed by atoms with E-state index in [1.165, 1.54) is 0 Å². The maximum absolute atomic E-state index is 12.5. The van der Waals surface area contributed by atoms with Gasteiger partial charge in [-0.2, -0.15) is 0 Å². The van der Waals surface area contributed by atoms with Gasteiger partial charge in [0.2, 0.25) is 11.8 Å². The van der Waals surface area contributed by atoms with Crippen LogP contribution in [0.5, 0.6) is 0 Å². The van der Waals surface area contributed by atoms with Crippen molar-refractivity contribution in [2.45, 2.75) is 32.2 Å². The number of nitrogens with one attached hydrogen (secondary N) is 1. The highest BCUT2D eigenvalue weighted by molar-refractivity contribution is 5.85. The summed E-state index contributed by atoms with van der Waals surface area (Å²) in [5, 5.41) is 3.23. The van der Waals surface area contributed by atoms with E-state index in [0.717, 1.165) is 65.2 Å². The van der Waals surface area contributed by atoms with Gasteiger partial charge in [-0.3, -0.25) is 9.59 Å². The second kappa shape index (κ2) is 12.1. The number of ether oxygens (including phenoxy) is 1. The van der Waals surface area contributed by atoms with Gasteiger partial charge < -0.3 is 24.8 Å². The molecule has 0 aromatic carbocycles. The first-order valence-electron chi connectivity index (χ1n) is 9.77. The van der Waals surface area contributed by atoms with E-state index in [4.69, 9.17) is 4.74 Å². The Morgan fingerprint density at radius 2 is 1.67 bits per heavy atom. The molecule has 9 heteroatoms. The van der Waals surface area contributed by atoms with E-state index in [1.54, 1.807) is 0 Å². The molecule has 0 bridgehead atoms. The predicted molar refractivity (Wildman–Crippen MR) is 110 cm³/mol. The molecule has 0 aromatic heterocycles. The quantitative estimate of drug-likeness (QED) is 0.715. The van der Waals surface area contributed by atoms with Crippen molar-refractivity contribution >= 4 is 36.6 Å². The average Bonchev–Trinajstić information content (AvgIpc) is 2.68. The SMILES string of the molecule is CCN1CCN(C(=O)CC2CCN(C(=O)C3COCCN3)CC2)CC1.Cl.Cl. The smallest absolute Gasteiger partial charge is 0.242 e. The third kappa shape index (κ3) is 6.75. The van der Waals surface area contributed by atoms with Crippen LogP contribution in [-0.2, 0) is 14.3 Å². The topological polar surface area (TPSA) is 65.1 Å². The van der Waals surface area contributed by atoms with E-state index in [1.807, 2.05) is 9.80 Å². The van der Waals surface area contributed by atoms with Gasteiger partial charge in [-0.05, 0) is 25.3 Å². The summed E-state index contributed by atoms with van der Waals surface area (Å²) in [4.78, 5) is 31.4. The largest absolute Gasteiger partial charge is 0.378 e. The highest BCUT2D eigenvalue weighted by Crippen LogP contribution is 2.22. The summed E-state index contributed by atoms with van der Waals surface area (Å²) < 4.78 is 5.39. The van der Waals surface area contributed by atoms with Crippen molar-refractivity contribution in [1.82, 2.24) is 20.0 Å². The summed E-state index contributed by atoms with van der Waals surface area (Å²) in [5.74, 6) is 0.861. The summed E-state index contributed by atoms with van der Waals surface area (Å²) in [6.07, 6.45) is 2.50. The number of halogens is 2. The molecule has 0 aliphatic carbocycles. The van der Waals surface area contributed by atoms with Crippen molar-refractivity contribution in [3.8, 4) is 0 Å². The molecule has 0 aromatic rings. The highest BCUT2D eigenvalue weighted by atomic mass is 35.5. The van der Waals surface area contributed by atoms with Crippen molar-refractivity contribution in [1.29, 1.82) is 0 Å². The van der Waals surface area contributed by atoms with Crippen molar-refractivity contribution in [3.63, 3.8) is 0 Å². The number of nitrogens with zero attached hydrogens (tertiary/aromatic N) is 3. The van der Waals surface area contributed by atoms with E-state index < -0.39 is 0 Å². The number of carbonyl (C=O) groups is 2. The lowest BCUT2D eigenvalue weighted by molar-refractivity contribution is -0.138. The molecule has 7 nitrogen and oxygen atoms in total. The van der Waals surface area contributed by atoms with Gasteiger partial charge in [-0.15, -0.1) is 24.8 Å². The van der Waals surface area contributed by atoms with E-state index in [2.05, 4.69) is 17.1 Å². The number of morpholine rings is 1. The summed E-state index contributed by atoms with van der Waals surface area (Å²) in [6, 6.07) is -0.193. The molecule has 3 saturated heterocycles. The van der Waals surface area contributed by atoms with Crippen LogP contribution in [0.25, 0.3) is 0 Å². The van der Waals surface area contributed by atoms with E-state index in [9.17, 15) is 9.59 Å². The van der Waals surface area contributed by atoms with Gasteiger partial charge >= 0.3 is 0 Å². The molecule has 1 atom stereocenters. The van der Waals surface area contributed by atoms with Crippen LogP contribution < -0.4 is 5.32 Å². The molecule has 3 fully saturated rings. The molecule has 0 spiro atoms. The second-order valence-electron chi connectivity index (χ2n) is 7.37. The number of piperazine rings is 1. The zero-order chi connectivity index (χ0) is 17.6. The predicted octanol–water partition coefficient (Wildman–Crippen LogP) is 0.611. The molecule has 1 N–H and O–H groups in total. The monoisotopic (exact) mass is 424 g/mol. The number of likely N-dealkylation sites (tertiary alicyclic amines) is 1. The number of carbonyl (C=O) groups excluding carboxylic acids is 2. The summed E-state index contributed by atoms with van der Waals surface area (Å²) in [6.45, 7) is 10.4. The van der Waals surface area contributed by atoms with Gasteiger partial charge in [0.25, 0.3) is 0 Å². The fourth-order valence-electron chi connectivity index (χ4n) is 3.99. The molecule has 3 aliphatic heterocycles. The second-order valence-corrected chi connectivity index (χ2v) is 7.37. The third-order valence-corrected chi connectivity index (χ3v) is 5.78. The minimum Gasteiger partial charge on any atom is -0.378 e. The first-order valence-corrected chi connectivity index (χ1v) is 9.77. The number of amides is 2. The van der Waals surface area contributed by atoms with E-state index in [0.29, 0.717) is 31.5 Å². The van der Waals surface area contributed by atoms with Gasteiger partial charge in [0, 0.05) is 52.2 Å². The zero-order valence-electron chi connectivity index (χ0n) is 16.2. The first-order chi connectivity index (χ1) is 12.2. The standard InChI is InChI=1S/C18H32N4O3.2ClH/c1-2-20-8-10-21(11-9-20)17(23)13-15-3-6-22(7-4-15)18(24)16-14-25-12-5-19-16;;/h15-16,19H,2-14H2,1H3;2*1H. The first kappa shape index (κ1) is 24.4. The highest BCUT2D eigenvalue weighted by Gasteiger charge is 2.31. The number of piperidine rings is 1. The Morgan fingerprint density at radius 1 is 1.00 bits per heavy atom. The van der Waals surface area contributed by atoms with Crippen LogP contribution in [0.2, 0.25) is 0 Å². The van der Waals surface area contributed by atoms with E-state index >= 15 is 0 Å². The Hall–Kier alpha value is -0.600. The minimum absolute atomic E-state index is 0. The Labute approximate surface area is 174 Å². The van der Waals surface area contributed by atoms with Crippen molar-refractivity contribution in [3.05, 3.63) is 0 Å². The molecular weight excluding hydrogens is 391 g/mol. The lowest BCUT2D eigenvalue weighted by Crippen LogP contribution is -2.54. The molecule has 158 valence electrons. The zero-order valence-corrected chi connectivity index (χ0v) is 17.9. The Bertz CT molecular complexity index is 462. The number of likely N-dealkylation sites (N-methyl/N-ethyl adjacent to an activating group) is 1. The van der Waals surface area contributed by atoms with Crippen LogP contribution in [0.4, 0.5) is 0 Å². The van der Waals surface area contributed by atoms with Gasteiger partial charge in [-0.1, -0.05) is 6.92 Å². The number of hydrogen-bond acceptors (Lipinski definition) is 5. The Balaban J connectivity index is 0.00000182. The van der Waals surface area contributed by atoms with Gasteiger partial charge in [0.1, 0.15) is 6.04 Å². The van der Waals surface area contributed by atoms with Crippen LogP contribution in [-0.4, -0.2) is 98.1 Å².